The molecule has 0 fully saturated rings. The second-order valence-corrected chi connectivity index (χ2v) is 3.82. The van der Waals surface area contributed by atoms with Crippen molar-refractivity contribution in [2.24, 2.45) is 11.5 Å². The van der Waals surface area contributed by atoms with E-state index >= 15 is 0 Å². The van der Waals surface area contributed by atoms with Gasteiger partial charge >= 0.3 is 0 Å². The fraction of sp³-hybridized carbons (Fsp3) is 0.429. The van der Waals surface area contributed by atoms with E-state index in [1.165, 1.54) is 11.3 Å². The number of carbonyl (C=O) groups is 1. The van der Waals surface area contributed by atoms with Crippen molar-refractivity contribution in [1.29, 1.82) is 0 Å². The summed E-state index contributed by atoms with van der Waals surface area (Å²) >= 11 is 1.49. The van der Waals surface area contributed by atoms with Crippen LogP contribution in [-0.2, 0) is 4.79 Å². The Morgan fingerprint density at radius 2 is 2.50 bits per heavy atom. The van der Waals surface area contributed by atoms with Crippen molar-refractivity contribution in [3.8, 4) is 0 Å². The molecule has 0 aliphatic carbocycles. The van der Waals surface area contributed by atoms with Gasteiger partial charge in [0.05, 0.1) is 5.01 Å². The molecule has 12 heavy (non-hydrogen) atoms. The zero-order valence-electron chi connectivity index (χ0n) is 6.78. The number of aryl methyl sites for hydroxylation is 1. The lowest BCUT2D eigenvalue weighted by Crippen LogP contribution is -2.19. The van der Waals surface area contributed by atoms with Gasteiger partial charge in [0.15, 0.2) is 0 Å². The Labute approximate surface area is 74.6 Å². The highest BCUT2D eigenvalue weighted by Crippen LogP contribution is 2.20. The predicted molar refractivity (Wildman–Crippen MR) is 47.6 cm³/mol. The molecule has 0 radical (unpaired) electrons. The van der Waals surface area contributed by atoms with Crippen LogP contribution in [0.2, 0.25) is 0 Å². The van der Waals surface area contributed by atoms with Gasteiger partial charge in [-0.1, -0.05) is 0 Å². The van der Waals surface area contributed by atoms with E-state index in [0.717, 1.165) is 9.88 Å². The number of hydrogen-bond donors (Lipinski definition) is 2. The first kappa shape index (κ1) is 9.15. The molecule has 0 aliphatic rings. The monoisotopic (exact) mass is 185 g/mol. The molecule has 0 aliphatic heterocycles. The minimum Gasteiger partial charge on any atom is -0.370 e. The first-order valence-electron chi connectivity index (χ1n) is 3.56. The molecule has 1 rings (SSSR count). The zero-order chi connectivity index (χ0) is 9.14. The third kappa shape index (κ3) is 2.28. The van der Waals surface area contributed by atoms with Gasteiger partial charge in [-0.3, -0.25) is 4.79 Å². The summed E-state index contributed by atoms with van der Waals surface area (Å²) in [6.07, 6.45) is 1.87. The lowest BCUT2D eigenvalue weighted by Gasteiger charge is -2.04. The first-order valence-corrected chi connectivity index (χ1v) is 4.37. The summed E-state index contributed by atoms with van der Waals surface area (Å²) < 4.78 is 0. The summed E-state index contributed by atoms with van der Waals surface area (Å²) in [6.45, 7) is 1.89. The van der Waals surface area contributed by atoms with E-state index in [4.69, 9.17) is 11.5 Å². The van der Waals surface area contributed by atoms with Crippen LogP contribution in [0.25, 0.3) is 0 Å². The summed E-state index contributed by atoms with van der Waals surface area (Å²) in [5.74, 6) is -0.381. The molecule has 0 aromatic carbocycles. The molecule has 4 N–H and O–H groups in total. The van der Waals surface area contributed by atoms with Gasteiger partial charge in [0.2, 0.25) is 5.91 Å². The largest absolute Gasteiger partial charge is 0.370 e. The number of hydrogen-bond acceptors (Lipinski definition) is 4. The number of nitrogens with two attached hydrogens (primary N) is 2. The SMILES string of the molecule is Cc1ncc([C@H](N)CC(N)=O)s1. The number of carbonyl (C=O) groups excluding carboxylic acids is 1. The average molecular weight is 185 g/mol. The number of primary amides is 1. The normalized spacial score (nSPS) is 12.8. The van der Waals surface area contributed by atoms with Crippen molar-refractivity contribution in [3.05, 3.63) is 16.1 Å². The topological polar surface area (TPSA) is 82.0 Å². The van der Waals surface area contributed by atoms with Gasteiger partial charge in [-0.2, -0.15) is 0 Å². The number of nitrogens with zero attached hydrogens (tertiary/aromatic N) is 1. The van der Waals surface area contributed by atoms with E-state index in [2.05, 4.69) is 4.98 Å². The van der Waals surface area contributed by atoms with Crippen molar-refractivity contribution in [3.63, 3.8) is 0 Å². The zero-order valence-corrected chi connectivity index (χ0v) is 7.60. The van der Waals surface area contributed by atoms with Crippen molar-refractivity contribution in [1.82, 2.24) is 4.98 Å². The Balaban J connectivity index is 2.64. The van der Waals surface area contributed by atoms with Gasteiger partial charge in [0, 0.05) is 23.5 Å². The highest BCUT2D eigenvalue weighted by atomic mass is 32.1. The van der Waals surface area contributed by atoms with E-state index in [1.807, 2.05) is 6.92 Å². The molecule has 4 nitrogen and oxygen atoms in total. The third-order valence-electron chi connectivity index (χ3n) is 1.43. The Kier molecular flexibility index (Phi) is 2.78. The molecular formula is C7H11N3OS. The second-order valence-electron chi connectivity index (χ2n) is 2.56. The van der Waals surface area contributed by atoms with Gasteiger partial charge in [-0.25, -0.2) is 4.98 Å². The molecule has 1 atom stereocenters. The van der Waals surface area contributed by atoms with E-state index in [0.29, 0.717) is 0 Å². The predicted octanol–water partition coefficient (Wildman–Crippen LogP) is 0.327. The number of amides is 1. The van der Waals surface area contributed by atoms with Crippen LogP contribution in [0.15, 0.2) is 6.20 Å². The summed E-state index contributed by atoms with van der Waals surface area (Å²) in [4.78, 5) is 15.5. The summed E-state index contributed by atoms with van der Waals surface area (Å²) in [7, 11) is 0. The molecular weight excluding hydrogens is 174 g/mol. The number of thiazole rings is 1. The van der Waals surface area contributed by atoms with Gasteiger partial charge in [0.1, 0.15) is 0 Å². The quantitative estimate of drug-likeness (QED) is 0.711. The standard InChI is InChI=1S/C7H11N3OS/c1-4-10-3-6(12-4)5(8)2-7(9)11/h3,5H,2,8H2,1H3,(H2,9,11)/t5-/m1/s1. The summed E-state index contributed by atoms with van der Waals surface area (Å²) in [6, 6.07) is -0.298. The summed E-state index contributed by atoms with van der Waals surface area (Å²) in [5.41, 5.74) is 10.7. The van der Waals surface area contributed by atoms with E-state index in [-0.39, 0.29) is 18.4 Å². The molecule has 0 saturated heterocycles. The fourth-order valence-electron chi connectivity index (χ4n) is 0.867. The Morgan fingerprint density at radius 1 is 1.83 bits per heavy atom. The smallest absolute Gasteiger partial charge is 0.219 e. The van der Waals surface area contributed by atoms with Gasteiger partial charge in [-0.15, -0.1) is 11.3 Å². The van der Waals surface area contributed by atoms with Crippen molar-refractivity contribution < 1.29 is 4.79 Å². The van der Waals surface area contributed by atoms with Gasteiger partial charge in [-0.05, 0) is 6.92 Å². The van der Waals surface area contributed by atoms with Crippen LogP contribution < -0.4 is 11.5 Å². The van der Waals surface area contributed by atoms with Crippen molar-refractivity contribution >= 4 is 17.2 Å². The highest BCUT2D eigenvalue weighted by molar-refractivity contribution is 7.11. The molecule has 0 spiro atoms. The van der Waals surface area contributed by atoms with Crippen LogP contribution in [0, 0.1) is 6.92 Å². The lowest BCUT2D eigenvalue weighted by molar-refractivity contribution is -0.118. The maximum absolute atomic E-state index is 10.5. The Bertz CT molecular complexity index is 284. The van der Waals surface area contributed by atoms with Gasteiger partial charge in [0.25, 0.3) is 0 Å². The minimum atomic E-state index is -0.381. The van der Waals surface area contributed by atoms with Crippen LogP contribution in [-0.4, -0.2) is 10.9 Å². The Morgan fingerprint density at radius 3 is 2.92 bits per heavy atom. The second kappa shape index (κ2) is 3.64. The van der Waals surface area contributed by atoms with Crippen LogP contribution in [0.3, 0.4) is 0 Å². The van der Waals surface area contributed by atoms with E-state index in [9.17, 15) is 4.79 Å². The van der Waals surface area contributed by atoms with E-state index < -0.39 is 0 Å². The highest BCUT2D eigenvalue weighted by Gasteiger charge is 2.11. The van der Waals surface area contributed by atoms with Crippen LogP contribution >= 0.6 is 11.3 Å². The van der Waals surface area contributed by atoms with Crippen molar-refractivity contribution in [2.75, 3.05) is 0 Å². The molecule has 1 aromatic rings. The molecule has 0 bridgehead atoms. The molecule has 5 heteroatoms. The lowest BCUT2D eigenvalue weighted by atomic mass is 10.2. The molecule has 0 saturated carbocycles. The van der Waals surface area contributed by atoms with Crippen LogP contribution in [0.4, 0.5) is 0 Å². The maximum atomic E-state index is 10.5. The number of rotatable bonds is 3. The molecule has 66 valence electrons. The fourth-order valence-corrected chi connectivity index (χ4v) is 1.65. The first-order chi connectivity index (χ1) is 5.59. The van der Waals surface area contributed by atoms with Crippen LogP contribution in [0.5, 0.6) is 0 Å². The van der Waals surface area contributed by atoms with E-state index in [1.54, 1.807) is 6.20 Å². The maximum Gasteiger partial charge on any atom is 0.219 e. The number of aromatic nitrogens is 1. The minimum absolute atomic E-state index is 0.182. The average Bonchev–Trinajstić information content (AvgIpc) is 2.34. The van der Waals surface area contributed by atoms with Gasteiger partial charge < -0.3 is 11.5 Å². The molecule has 1 aromatic heterocycles. The summed E-state index contributed by atoms with van der Waals surface area (Å²) in [5, 5.41) is 0.949. The molecule has 1 amide bonds. The molecule has 0 unspecified atom stereocenters. The molecule has 1 heterocycles. The Hall–Kier alpha value is -0.940. The van der Waals surface area contributed by atoms with Crippen molar-refractivity contribution in [2.45, 2.75) is 19.4 Å². The third-order valence-corrected chi connectivity index (χ3v) is 2.47. The van der Waals surface area contributed by atoms with Crippen LogP contribution in [0.1, 0.15) is 22.3 Å².